The van der Waals surface area contributed by atoms with Crippen LogP contribution in [0.3, 0.4) is 0 Å². The highest BCUT2D eigenvalue weighted by Gasteiger charge is 2.23. The van der Waals surface area contributed by atoms with Gasteiger partial charge in [0.15, 0.2) is 0 Å². The van der Waals surface area contributed by atoms with Gasteiger partial charge in [0.1, 0.15) is 0 Å². The minimum absolute atomic E-state index is 0.104. The van der Waals surface area contributed by atoms with Gasteiger partial charge in [-0.05, 0) is 37.6 Å². The molecule has 1 fully saturated rings. The molecule has 0 aliphatic carbocycles. The lowest BCUT2D eigenvalue weighted by Crippen LogP contribution is -2.33. The van der Waals surface area contributed by atoms with Gasteiger partial charge in [0.05, 0.1) is 11.1 Å². The Morgan fingerprint density at radius 2 is 1.69 bits per heavy atom. The highest BCUT2D eigenvalue weighted by Crippen LogP contribution is 2.30. The van der Waals surface area contributed by atoms with Crippen LogP contribution in [0.1, 0.15) is 30.0 Å². The molecule has 1 aromatic heterocycles. The molecule has 1 aliphatic heterocycles. The largest absolute Gasteiger partial charge is 0.300 e. The molecule has 132 valence electrons. The molecule has 0 saturated carbocycles. The number of aromatic nitrogens is 2. The minimum atomic E-state index is -0.104. The molecule has 2 aromatic carbocycles. The first kappa shape index (κ1) is 16.7. The van der Waals surface area contributed by atoms with E-state index in [9.17, 15) is 4.79 Å². The highest BCUT2D eigenvalue weighted by molar-refractivity contribution is 5.83. The monoisotopic (exact) mass is 345 g/mol. The Hall–Kier alpha value is -2.72. The van der Waals surface area contributed by atoms with Crippen LogP contribution in [0, 0.1) is 0 Å². The average molecular weight is 345 g/mol. The van der Waals surface area contributed by atoms with Crippen LogP contribution in [0.25, 0.3) is 16.8 Å². The molecule has 1 saturated heterocycles. The second-order valence-corrected chi connectivity index (χ2v) is 6.87. The number of hydrogen-bond acceptors (Lipinski definition) is 3. The van der Waals surface area contributed by atoms with Crippen molar-refractivity contribution in [2.45, 2.75) is 18.8 Å². The van der Waals surface area contributed by atoms with Crippen LogP contribution in [-0.4, -0.2) is 34.7 Å². The summed E-state index contributed by atoms with van der Waals surface area (Å²) in [4.78, 5) is 14.4. The van der Waals surface area contributed by atoms with Gasteiger partial charge in [-0.15, -0.1) is 0 Å². The van der Waals surface area contributed by atoms with Crippen molar-refractivity contribution in [2.75, 3.05) is 19.6 Å². The van der Waals surface area contributed by atoms with Crippen molar-refractivity contribution in [1.29, 1.82) is 0 Å². The number of benzene rings is 2. The summed E-state index contributed by atoms with van der Waals surface area (Å²) < 4.78 is 0. The number of nitrogens with one attached hydrogen (secondary N) is 1. The van der Waals surface area contributed by atoms with Crippen LogP contribution in [0.2, 0.25) is 0 Å². The summed E-state index contributed by atoms with van der Waals surface area (Å²) in [7, 11) is 0. The number of aromatic amines is 1. The summed E-state index contributed by atoms with van der Waals surface area (Å²) in [6.07, 6.45) is 6.57. The Labute approximate surface area is 153 Å². The molecule has 4 heteroatoms. The van der Waals surface area contributed by atoms with Crippen molar-refractivity contribution in [3.63, 3.8) is 0 Å². The van der Waals surface area contributed by atoms with Gasteiger partial charge >= 0.3 is 0 Å². The smallest absolute Gasteiger partial charge is 0.272 e. The van der Waals surface area contributed by atoms with Crippen molar-refractivity contribution in [3.05, 3.63) is 82.3 Å². The predicted molar refractivity (Wildman–Crippen MR) is 106 cm³/mol. The molecule has 1 aliphatic rings. The van der Waals surface area contributed by atoms with Crippen molar-refractivity contribution >= 4 is 16.8 Å². The zero-order chi connectivity index (χ0) is 17.8. The first-order chi connectivity index (χ1) is 12.8. The highest BCUT2D eigenvalue weighted by atomic mass is 16.1. The number of piperidine rings is 1. The number of fused-ring (bicyclic) bond motifs is 1. The van der Waals surface area contributed by atoms with Crippen molar-refractivity contribution in [1.82, 2.24) is 15.1 Å². The third-order valence-electron chi connectivity index (χ3n) is 5.17. The van der Waals surface area contributed by atoms with Gasteiger partial charge in [-0.1, -0.05) is 60.7 Å². The van der Waals surface area contributed by atoms with Gasteiger partial charge in [-0.3, -0.25) is 9.69 Å². The maximum absolute atomic E-state index is 12.0. The van der Waals surface area contributed by atoms with Crippen LogP contribution in [0.4, 0.5) is 0 Å². The fourth-order valence-electron chi connectivity index (χ4n) is 3.74. The summed E-state index contributed by atoms with van der Waals surface area (Å²) >= 11 is 0. The number of rotatable bonds is 4. The second kappa shape index (κ2) is 7.67. The van der Waals surface area contributed by atoms with Gasteiger partial charge in [-0.25, -0.2) is 5.10 Å². The van der Waals surface area contributed by atoms with E-state index in [0.717, 1.165) is 48.9 Å². The van der Waals surface area contributed by atoms with Crippen LogP contribution >= 0.6 is 0 Å². The first-order valence-corrected chi connectivity index (χ1v) is 9.22. The topological polar surface area (TPSA) is 49.0 Å². The third kappa shape index (κ3) is 3.60. The minimum Gasteiger partial charge on any atom is -0.300 e. The summed E-state index contributed by atoms with van der Waals surface area (Å²) in [5, 5.41) is 8.80. The Morgan fingerprint density at radius 1 is 1.00 bits per heavy atom. The Kier molecular flexibility index (Phi) is 4.93. The third-order valence-corrected chi connectivity index (χ3v) is 5.17. The average Bonchev–Trinajstić information content (AvgIpc) is 2.70. The van der Waals surface area contributed by atoms with Gasteiger partial charge in [0.25, 0.3) is 5.56 Å². The molecule has 3 aromatic rings. The molecule has 2 heterocycles. The molecule has 0 amide bonds. The SMILES string of the molecule is O=c1[nH]nc(C2CCN(C/C=C/c3ccccc3)CC2)c2ccccc12. The van der Waals surface area contributed by atoms with E-state index in [1.807, 2.05) is 30.3 Å². The van der Waals surface area contributed by atoms with Crippen LogP contribution < -0.4 is 5.56 Å². The van der Waals surface area contributed by atoms with Crippen molar-refractivity contribution in [3.8, 4) is 0 Å². The quantitative estimate of drug-likeness (QED) is 0.782. The van der Waals surface area contributed by atoms with E-state index in [2.05, 4.69) is 51.5 Å². The van der Waals surface area contributed by atoms with E-state index in [0.29, 0.717) is 5.92 Å². The van der Waals surface area contributed by atoms with E-state index in [1.165, 1.54) is 5.56 Å². The van der Waals surface area contributed by atoms with E-state index in [1.54, 1.807) is 0 Å². The molecule has 0 bridgehead atoms. The van der Waals surface area contributed by atoms with Crippen molar-refractivity contribution < 1.29 is 0 Å². The van der Waals surface area contributed by atoms with Crippen molar-refractivity contribution in [2.24, 2.45) is 0 Å². The zero-order valence-corrected chi connectivity index (χ0v) is 14.8. The molecule has 0 atom stereocenters. The van der Waals surface area contributed by atoms with E-state index in [-0.39, 0.29) is 5.56 Å². The zero-order valence-electron chi connectivity index (χ0n) is 14.8. The Balaban J connectivity index is 1.41. The van der Waals surface area contributed by atoms with E-state index in [4.69, 9.17) is 0 Å². The Morgan fingerprint density at radius 3 is 2.46 bits per heavy atom. The van der Waals surface area contributed by atoms with Gasteiger partial charge < -0.3 is 0 Å². The van der Waals surface area contributed by atoms with Gasteiger partial charge in [0, 0.05) is 17.8 Å². The van der Waals surface area contributed by atoms with E-state index < -0.39 is 0 Å². The van der Waals surface area contributed by atoms with Gasteiger partial charge in [0.2, 0.25) is 0 Å². The molecular formula is C22H23N3O. The molecule has 1 N–H and O–H groups in total. The predicted octanol–water partition coefficient (Wildman–Crippen LogP) is 3.82. The maximum Gasteiger partial charge on any atom is 0.272 e. The molecule has 4 nitrogen and oxygen atoms in total. The molecule has 0 radical (unpaired) electrons. The summed E-state index contributed by atoms with van der Waals surface area (Å²) in [6.45, 7) is 3.08. The maximum atomic E-state index is 12.0. The van der Waals surface area contributed by atoms with Crippen LogP contribution in [0.5, 0.6) is 0 Å². The molecule has 0 spiro atoms. The molecule has 26 heavy (non-hydrogen) atoms. The fraction of sp³-hybridized carbons (Fsp3) is 0.273. The number of likely N-dealkylation sites (tertiary alicyclic amines) is 1. The normalized spacial score (nSPS) is 16.5. The summed E-state index contributed by atoms with van der Waals surface area (Å²) in [5.41, 5.74) is 2.18. The summed E-state index contributed by atoms with van der Waals surface area (Å²) in [5.74, 6) is 0.408. The van der Waals surface area contributed by atoms with E-state index >= 15 is 0 Å². The van der Waals surface area contributed by atoms with Gasteiger partial charge in [-0.2, -0.15) is 5.10 Å². The second-order valence-electron chi connectivity index (χ2n) is 6.87. The fourth-order valence-corrected chi connectivity index (χ4v) is 3.74. The lowest BCUT2D eigenvalue weighted by molar-refractivity contribution is 0.231. The lowest BCUT2D eigenvalue weighted by atomic mass is 9.90. The van der Waals surface area contributed by atoms with Crippen LogP contribution in [-0.2, 0) is 0 Å². The lowest BCUT2D eigenvalue weighted by Gasteiger charge is -2.31. The molecule has 4 rings (SSSR count). The Bertz CT molecular complexity index is 954. The number of hydrogen-bond donors (Lipinski definition) is 1. The number of H-pyrrole nitrogens is 1. The molecule has 0 unspecified atom stereocenters. The first-order valence-electron chi connectivity index (χ1n) is 9.22. The van der Waals surface area contributed by atoms with Crippen LogP contribution in [0.15, 0.2) is 65.5 Å². The standard InChI is InChI=1S/C22H23N3O/c26-22-20-11-5-4-10-19(20)21(23-24-22)18-12-15-25(16-13-18)14-6-9-17-7-2-1-3-8-17/h1-11,18H,12-16H2,(H,24,26)/b9-6+. The number of nitrogens with zero attached hydrogens (tertiary/aromatic N) is 2. The summed E-state index contributed by atoms with van der Waals surface area (Å²) in [6, 6.07) is 18.2. The molecular weight excluding hydrogens is 322 g/mol.